The molecule has 0 aliphatic heterocycles. The van der Waals surface area contributed by atoms with Gasteiger partial charge in [0.1, 0.15) is 0 Å². The molecule has 0 spiro atoms. The Bertz CT molecular complexity index is 918. The smallest absolute Gasteiger partial charge is 0.220 e. The largest absolute Gasteiger partial charge is 0.493 e. The molecule has 3 aromatic rings. The van der Waals surface area contributed by atoms with Crippen molar-refractivity contribution in [3.05, 3.63) is 51.2 Å². The van der Waals surface area contributed by atoms with Crippen LogP contribution in [0.1, 0.15) is 21.9 Å². The van der Waals surface area contributed by atoms with Crippen molar-refractivity contribution in [1.82, 2.24) is 10.3 Å². The fourth-order valence-electron chi connectivity index (χ4n) is 2.76. The molecule has 0 radical (unpaired) electrons. The van der Waals surface area contributed by atoms with Gasteiger partial charge in [-0.05, 0) is 37.1 Å². The van der Waals surface area contributed by atoms with Crippen molar-refractivity contribution < 1.29 is 14.3 Å². The third-order valence-electron chi connectivity index (χ3n) is 4.10. The predicted octanol–water partition coefficient (Wildman–Crippen LogP) is 4.45. The number of carbonyl (C=O) groups is 1. The predicted molar refractivity (Wildman–Crippen MR) is 110 cm³/mol. The van der Waals surface area contributed by atoms with Crippen molar-refractivity contribution in [2.24, 2.45) is 0 Å². The summed E-state index contributed by atoms with van der Waals surface area (Å²) in [4.78, 5) is 19.0. The van der Waals surface area contributed by atoms with Gasteiger partial charge in [0, 0.05) is 16.7 Å². The number of thiazole rings is 1. The lowest BCUT2D eigenvalue weighted by Crippen LogP contribution is -2.22. The number of para-hydroxylation sites is 1. The molecule has 1 amide bonds. The minimum absolute atomic E-state index is 0.0133. The minimum atomic E-state index is 0.0133. The summed E-state index contributed by atoms with van der Waals surface area (Å²) in [5.74, 6) is 1.38. The molecule has 2 heterocycles. The lowest BCUT2D eigenvalue weighted by Gasteiger charge is -2.12. The molecule has 0 aliphatic carbocycles. The maximum atomic E-state index is 12.2. The second kappa shape index (κ2) is 9.01. The van der Waals surface area contributed by atoms with Gasteiger partial charge in [0.15, 0.2) is 11.5 Å². The highest BCUT2D eigenvalue weighted by molar-refractivity contribution is 7.16. The highest BCUT2D eigenvalue weighted by Gasteiger charge is 2.12. The van der Waals surface area contributed by atoms with Crippen LogP contribution in [0.3, 0.4) is 0 Å². The first-order valence-electron chi connectivity index (χ1n) is 8.58. The summed E-state index contributed by atoms with van der Waals surface area (Å²) < 4.78 is 10.7. The molecule has 0 fully saturated rings. The molecule has 1 aromatic carbocycles. The van der Waals surface area contributed by atoms with Crippen molar-refractivity contribution in [2.75, 3.05) is 14.2 Å². The normalized spacial score (nSPS) is 10.6. The van der Waals surface area contributed by atoms with Gasteiger partial charge in [-0.15, -0.1) is 22.7 Å². The lowest BCUT2D eigenvalue weighted by atomic mass is 10.1. The standard InChI is InChI=1S/C20H22N2O3S2/c1-13-22-16(12-26-13)18-9-8-15(27-18)11-21-19(23)10-7-14-5-4-6-17(24-2)20(14)25-3/h4-6,8-9,12H,7,10-11H2,1-3H3,(H,21,23). The van der Waals surface area contributed by atoms with Crippen molar-refractivity contribution in [3.8, 4) is 22.1 Å². The van der Waals surface area contributed by atoms with Gasteiger partial charge in [-0.2, -0.15) is 0 Å². The molecule has 7 heteroatoms. The maximum Gasteiger partial charge on any atom is 0.220 e. The number of rotatable bonds is 8. The highest BCUT2D eigenvalue weighted by atomic mass is 32.1. The van der Waals surface area contributed by atoms with Crippen LogP contribution in [-0.4, -0.2) is 25.1 Å². The summed E-state index contributed by atoms with van der Waals surface area (Å²) in [6, 6.07) is 9.81. The Balaban J connectivity index is 1.53. The summed E-state index contributed by atoms with van der Waals surface area (Å²) in [6.07, 6.45) is 0.993. The molecule has 0 saturated heterocycles. The van der Waals surface area contributed by atoms with Crippen LogP contribution in [0.15, 0.2) is 35.7 Å². The number of nitrogens with zero attached hydrogens (tertiary/aromatic N) is 1. The summed E-state index contributed by atoms with van der Waals surface area (Å²) in [6.45, 7) is 2.53. The Morgan fingerprint density at radius 3 is 2.74 bits per heavy atom. The van der Waals surface area contributed by atoms with E-state index in [1.54, 1.807) is 36.9 Å². The number of carbonyl (C=O) groups excluding carboxylic acids is 1. The summed E-state index contributed by atoms with van der Waals surface area (Å²) in [5, 5.41) is 6.10. The molecule has 5 nitrogen and oxygen atoms in total. The Labute approximate surface area is 167 Å². The summed E-state index contributed by atoms with van der Waals surface area (Å²) >= 11 is 3.30. The van der Waals surface area contributed by atoms with E-state index in [1.807, 2.05) is 31.2 Å². The van der Waals surface area contributed by atoms with Gasteiger partial charge in [-0.3, -0.25) is 4.79 Å². The molecule has 1 N–H and O–H groups in total. The highest BCUT2D eigenvalue weighted by Crippen LogP contribution is 2.31. The number of aromatic nitrogens is 1. The number of hydrogen-bond donors (Lipinski definition) is 1. The van der Waals surface area contributed by atoms with Gasteiger partial charge in [0.2, 0.25) is 5.91 Å². The van der Waals surface area contributed by atoms with Crippen LogP contribution in [0.4, 0.5) is 0 Å². The summed E-state index contributed by atoms with van der Waals surface area (Å²) in [5.41, 5.74) is 1.97. The van der Waals surface area contributed by atoms with E-state index in [1.165, 1.54) is 0 Å². The topological polar surface area (TPSA) is 60.5 Å². The van der Waals surface area contributed by atoms with E-state index < -0.39 is 0 Å². The number of benzene rings is 1. The molecule has 0 saturated carbocycles. The van der Waals surface area contributed by atoms with Crippen LogP contribution in [0.2, 0.25) is 0 Å². The van der Waals surface area contributed by atoms with Gasteiger partial charge in [-0.1, -0.05) is 12.1 Å². The van der Waals surface area contributed by atoms with Crippen molar-refractivity contribution in [2.45, 2.75) is 26.3 Å². The molecule has 0 aliphatic rings. The molecule has 0 atom stereocenters. The van der Waals surface area contributed by atoms with Crippen molar-refractivity contribution in [3.63, 3.8) is 0 Å². The van der Waals surface area contributed by atoms with E-state index in [2.05, 4.69) is 21.7 Å². The average Bonchev–Trinajstić information content (AvgIpc) is 3.33. The van der Waals surface area contributed by atoms with Crippen molar-refractivity contribution in [1.29, 1.82) is 0 Å². The Kier molecular flexibility index (Phi) is 6.47. The van der Waals surface area contributed by atoms with Crippen molar-refractivity contribution >= 4 is 28.6 Å². The Hall–Kier alpha value is -2.38. The number of hydrogen-bond acceptors (Lipinski definition) is 6. The summed E-state index contributed by atoms with van der Waals surface area (Å²) in [7, 11) is 3.22. The number of aryl methyl sites for hydroxylation is 2. The van der Waals surface area contributed by atoms with Crippen LogP contribution >= 0.6 is 22.7 Å². The van der Waals surface area contributed by atoms with Gasteiger partial charge < -0.3 is 14.8 Å². The molecule has 2 aromatic heterocycles. The molecule has 27 heavy (non-hydrogen) atoms. The maximum absolute atomic E-state index is 12.2. The Morgan fingerprint density at radius 2 is 2.04 bits per heavy atom. The van der Waals surface area contributed by atoms with Crippen LogP contribution < -0.4 is 14.8 Å². The zero-order valence-corrected chi connectivity index (χ0v) is 17.2. The van der Waals surface area contributed by atoms with E-state index >= 15 is 0 Å². The lowest BCUT2D eigenvalue weighted by molar-refractivity contribution is -0.121. The molecule has 0 unspecified atom stereocenters. The molecule has 0 bridgehead atoms. The molecular formula is C20H22N2O3S2. The first kappa shape index (κ1) is 19.4. The van der Waals surface area contributed by atoms with Crippen LogP contribution in [0, 0.1) is 6.92 Å². The number of thiophene rings is 1. The monoisotopic (exact) mass is 402 g/mol. The zero-order valence-electron chi connectivity index (χ0n) is 15.6. The molecular weight excluding hydrogens is 380 g/mol. The van der Waals surface area contributed by atoms with Gasteiger partial charge in [-0.25, -0.2) is 4.98 Å². The zero-order chi connectivity index (χ0) is 19.2. The third kappa shape index (κ3) is 4.87. The number of methoxy groups -OCH3 is 2. The van der Waals surface area contributed by atoms with Gasteiger partial charge in [0.25, 0.3) is 0 Å². The van der Waals surface area contributed by atoms with E-state index in [9.17, 15) is 4.79 Å². The minimum Gasteiger partial charge on any atom is -0.493 e. The first-order chi connectivity index (χ1) is 13.1. The number of amides is 1. The quantitative estimate of drug-likeness (QED) is 0.605. The molecule has 3 rings (SSSR count). The van der Waals surface area contributed by atoms with Gasteiger partial charge >= 0.3 is 0 Å². The second-order valence-electron chi connectivity index (χ2n) is 5.95. The van der Waals surface area contributed by atoms with E-state index in [0.717, 1.165) is 26.0 Å². The number of ether oxygens (including phenoxy) is 2. The second-order valence-corrected chi connectivity index (χ2v) is 8.18. The van der Waals surface area contributed by atoms with E-state index in [-0.39, 0.29) is 5.91 Å². The average molecular weight is 403 g/mol. The van der Waals surface area contributed by atoms with Gasteiger partial charge in [0.05, 0.1) is 36.3 Å². The van der Waals surface area contributed by atoms with Crippen LogP contribution in [-0.2, 0) is 17.8 Å². The third-order valence-corrected chi connectivity index (χ3v) is 5.98. The van der Waals surface area contributed by atoms with E-state index in [4.69, 9.17) is 9.47 Å². The molecule has 142 valence electrons. The fraction of sp³-hybridized carbons (Fsp3) is 0.300. The fourth-order valence-corrected chi connectivity index (χ4v) is 4.36. The van der Waals surface area contributed by atoms with Crippen LogP contribution in [0.5, 0.6) is 11.5 Å². The Morgan fingerprint density at radius 1 is 1.19 bits per heavy atom. The van der Waals surface area contributed by atoms with E-state index in [0.29, 0.717) is 30.9 Å². The first-order valence-corrected chi connectivity index (χ1v) is 10.3. The van der Waals surface area contributed by atoms with Crippen LogP contribution in [0.25, 0.3) is 10.6 Å². The number of nitrogens with one attached hydrogen (secondary N) is 1. The SMILES string of the molecule is COc1cccc(CCC(=O)NCc2ccc(-c3csc(C)n3)s2)c1OC.